The smallest absolute Gasteiger partial charge is 0.127 e. The average Bonchev–Trinajstić information content (AvgIpc) is 3.00. The zero-order chi connectivity index (χ0) is 13.6. The van der Waals surface area contributed by atoms with Crippen LogP contribution in [0.4, 0.5) is 0 Å². The second kappa shape index (κ2) is 4.82. The number of rotatable bonds is 4. The third-order valence-corrected chi connectivity index (χ3v) is 4.30. The van der Waals surface area contributed by atoms with Crippen LogP contribution < -0.4 is 0 Å². The van der Waals surface area contributed by atoms with Crippen molar-refractivity contribution in [2.75, 3.05) is 0 Å². The van der Waals surface area contributed by atoms with Gasteiger partial charge in [0.1, 0.15) is 5.82 Å². The molecule has 1 aliphatic rings. The van der Waals surface area contributed by atoms with Crippen LogP contribution in [-0.4, -0.2) is 9.55 Å². The maximum Gasteiger partial charge on any atom is 0.127 e. The van der Waals surface area contributed by atoms with Crippen molar-refractivity contribution < 1.29 is 0 Å². The molecule has 19 heavy (non-hydrogen) atoms. The first-order valence-electron chi connectivity index (χ1n) is 7.24. The summed E-state index contributed by atoms with van der Waals surface area (Å²) >= 11 is 6.33. The summed E-state index contributed by atoms with van der Waals surface area (Å²) in [6.45, 7) is 6.39. The molecule has 2 nitrogen and oxygen atoms in total. The summed E-state index contributed by atoms with van der Waals surface area (Å²) in [5, 5.41) is -0.0319. The summed E-state index contributed by atoms with van der Waals surface area (Å²) in [6.07, 6.45) is 3.86. The van der Waals surface area contributed by atoms with Gasteiger partial charge in [0.05, 0.1) is 16.4 Å². The maximum absolute atomic E-state index is 6.33. The number of fused-ring (bicyclic) bond motifs is 1. The van der Waals surface area contributed by atoms with Gasteiger partial charge in [-0.1, -0.05) is 19.4 Å². The largest absolute Gasteiger partial charge is 0.323 e. The van der Waals surface area contributed by atoms with E-state index in [2.05, 4.69) is 36.6 Å². The van der Waals surface area contributed by atoms with Crippen molar-refractivity contribution >= 4 is 22.6 Å². The third kappa shape index (κ3) is 2.27. The van der Waals surface area contributed by atoms with Crippen LogP contribution >= 0.6 is 11.6 Å². The topological polar surface area (TPSA) is 17.8 Å². The SMILES string of the molecule is CCCC1CC1n1c(C(C)Cl)nc2cc(C)ccc21. The number of aryl methyl sites for hydroxylation is 1. The second-order valence-electron chi connectivity index (χ2n) is 5.80. The number of hydrogen-bond donors (Lipinski definition) is 0. The minimum Gasteiger partial charge on any atom is -0.323 e. The van der Waals surface area contributed by atoms with Crippen LogP contribution in [0, 0.1) is 12.8 Å². The summed E-state index contributed by atoms with van der Waals surface area (Å²) in [6, 6.07) is 7.14. The van der Waals surface area contributed by atoms with E-state index in [9.17, 15) is 0 Å². The maximum atomic E-state index is 6.33. The molecule has 0 saturated heterocycles. The predicted molar refractivity (Wildman–Crippen MR) is 80.8 cm³/mol. The van der Waals surface area contributed by atoms with Gasteiger partial charge in [0.15, 0.2) is 0 Å². The van der Waals surface area contributed by atoms with Crippen molar-refractivity contribution in [3.63, 3.8) is 0 Å². The van der Waals surface area contributed by atoms with Gasteiger partial charge in [0, 0.05) is 6.04 Å². The molecule has 3 atom stereocenters. The Morgan fingerprint density at radius 3 is 2.95 bits per heavy atom. The van der Waals surface area contributed by atoms with E-state index in [-0.39, 0.29) is 5.38 Å². The minimum absolute atomic E-state index is 0.0319. The van der Waals surface area contributed by atoms with Gasteiger partial charge in [-0.2, -0.15) is 0 Å². The van der Waals surface area contributed by atoms with Crippen LogP contribution in [0.2, 0.25) is 0 Å². The molecule has 0 N–H and O–H groups in total. The summed E-state index contributed by atoms with van der Waals surface area (Å²) in [4.78, 5) is 4.76. The molecule has 0 bridgehead atoms. The fourth-order valence-corrected chi connectivity index (χ4v) is 3.24. The Bertz CT molecular complexity index is 600. The highest BCUT2D eigenvalue weighted by molar-refractivity contribution is 6.20. The Morgan fingerprint density at radius 2 is 2.26 bits per heavy atom. The van der Waals surface area contributed by atoms with Crippen LogP contribution in [0.5, 0.6) is 0 Å². The normalized spacial score (nSPS) is 23.8. The molecule has 1 heterocycles. The molecule has 3 rings (SSSR count). The van der Waals surface area contributed by atoms with Gasteiger partial charge < -0.3 is 4.57 Å². The van der Waals surface area contributed by atoms with Gasteiger partial charge in [-0.25, -0.2) is 4.98 Å². The first-order chi connectivity index (χ1) is 9.11. The molecule has 0 radical (unpaired) electrons. The molecule has 3 unspecified atom stereocenters. The van der Waals surface area contributed by atoms with Crippen LogP contribution in [-0.2, 0) is 0 Å². The monoisotopic (exact) mass is 276 g/mol. The van der Waals surface area contributed by atoms with E-state index in [1.54, 1.807) is 0 Å². The molecule has 2 aromatic rings. The van der Waals surface area contributed by atoms with Gasteiger partial charge in [-0.05, 0) is 50.3 Å². The average molecular weight is 277 g/mol. The molecule has 1 saturated carbocycles. The lowest BCUT2D eigenvalue weighted by atomic mass is 10.2. The number of nitrogens with zero attached hydrogens (tertiary/aromatic N) is 2. The van der Waals surface area contributed by atoms with E-state index in [0.29, 0.717) is 6.04 Å². The molecule has 1 aromatic carbocycles. The van der Waals surface area contributed by atoms with E-state index < -0.39 is 0 Å². The van der Waals surface area contributed by atoms with Crippen molar-refractivity contribution in [2.24, 2.45) is 5.92 Å². The van der Waals surface area contributed by atoms with Gasteiger partial charge in [-0.3, -0.25) is 0 Å². The summed E-state index contributed by atoms with van der Waals surface area (Å²) in [7, 11) is 0. The lowest BCUT2D eigenvalue weighted by molar-refractivity contribution is 0.597. The first kappa shape index (κ1) is 13.0. The molecule has 0 aliphatic heterocycles. The van der Waals surface area contributed by atoms with Crippen molar-refractivity contribution in [3.05, 3.63) is 29.6 Å². The molecule has 3 heteroatoms. The number of hydrogen-bond acceptors (Lipinski definition) is 1. The van der Waals surface area contributed by atoms with Gasteiger partial charge >= 0.3 is 0 Å². The van der Waals surface area contributed by atoms with E-state index in [1.165, 1.54) is 30.3 Å². The predicted octanol–water partition coefficient (Wildman–Crippen LogP) is 5.01. The highest BCUT2D eigenvalue weighted by Gasteiger charge is 2.40. The quantitative estimate of drug-likeness (QED) is 0.718. The first-order valence-corrected chi connectivity index (χ1v) is 7.68. The zero-order valence-electron chi connectivity index (χ0n) is 11.9. The summed E-state index contributed by atoms with van der Waals surface area (Å²) in [5.74, 6) is 1.85. The molecule has 102 valence electrons. The second-order valence-corrected chi connectivity index (χ2v) is 6.45. The molecular formula is C16H21ClN2. The van der Waals surface area contributed by atoms with Crippen molar-refractivity contribution in [3.8, 4) is 0 Å². The van der Waals surface area contributed by atoms with Crippen LogP contribution in [0.25, 0.3) is 11.0 Å². The van der Waals surface area contributed by atoms with E-state index in [1.807, 2.05) is 6.92 Å². The molecular weight excluding hydrogens is 256 g/mol. The number of alkyl halides is 1. The summed E-state index contributed by atoms with van der Waals surface area (Å²) < 4.78 is 2.40. The highest BCUT2D eigenvalue weighted by Crippen LogP contribution is 2.49. The molecule has 1 fully saturated rings. The fourth-order valence-electron chi connectivity index (χ4n) is 3.09. The van der Waals surface area contributed by atoms with Crippen molar-refractivity contribution in [2.45, 2.75) is 51.5 Å². The molecule has 0 amide bonds. The Kier molecular flexibility index (Phi) is 3.30. The van der Waals surface area contributed by atoms with E-state index >= 15 is 0 Å². The fraction of sp³-hybridized carbons (Fsp3) is 0.562. The Morgan fingerprint density at radius 1 is 1.47 bits per heavy atom. The van der Waals surface area contributed by atoms with Gasteiger partial charge in [0.2, 0.25) is 0 Å². The zero-order valence-corrected chi connectivity index (χ0v) is 12.6. The van der Waals surface area contributed by atoms with Gasteiger partial charge in [-0.15, -0.1) is 11.6 Å². The Hall–Kier alpha value is -1.02. The number of benzene rings is 1. The van der Waals surface area contributed by atoms with Crippen LogP contribution in [0.1, 0.15) is 55.9 Å². The van der Waals surface area contributed by atoms with E-state index in [4.69, 9.17) is 16.6 Å². The Labute approximate surface area is 119 Å². The van der Waals surface area contributed by atoms with Crippen LogP contribution in [0.3, 0.4) is 0 Å². The Balaban J connectivity index is 2.08. The molecule has 1 aromatic heterocycles. The van der Waals surface area contributed by atoms with Crippen molar-refractivity contribution in [1.29, 1.82) is 0 Å². The molecule has 0 spiro atoms. The highest BCUT2D eigenvalue weighted by atomic mass is 35.5. The number of imidazole rings is 1. The van der Waals surface area contributed by atoms with E-state index in [0.717, 1.165) is 17.3 Å². The van der Waals surface area contributed by atoms with Crippen LogP contribution in [0.15, 0.2) is 18.2 Å². The third-order valence-electron chi connectivity index (χ3n) is 4.10. The summed E-state index contributed by atoms with van der Waals surface area (Å²) in [5.41, 5.74) is 3.59. The number of aromatic nitrogens is 2. The van der Waals surface area contributed by atoms with Gasteiger partial charge in [0.25, 0.3) is 0 Å². The van der Waals surface area contributed by atoms with Crippen molar-refractivity contribution in [1.82, 2.24) is 9.55 Å². The number of halogens is 1. The standard InChI is InChI=1S/C16H21ClN2/c1-4-5-12-9-15(12)19-14-7-6-10(2)8-13(14)18-16(19)11(3)17/h6-8,11-12,15H,4-5,9H2,1-3H3. The minimum atomic E-state index is -0.0319. The lowest BCUT2D eigenvalue weighted by Crippen LogP contribution is -2.03. The molecule has 1 aliphatic carbocycles. The lowest BCUT2D eigenvalue weighted by Gasteiger charge is -2.10.